The normalized spacial score (nSPS) is 13.6. The molecule has 0 aliphatic heterocycles. The van der Waals surface area contributed by atoms with Gasteiger partial charge >= 0.3 is 11.9 Å². The van der Waals surface area contributed by atoms with Gasteiger partial charge in [0.2, 0.25) is 0 Å². The van der Waals surface area contributed by atoms with Gasteiger partial charge in [-0.1, -0.05) is 145 Å². The summed E-state index contributed by atoms with van der Waals surface area (Å²) in [4.78, 5) is 36.8. The lowest BCUT2D eigenvalue weighted by atomic mass is 10.1. The minimum absolute atomic E-state index is 0.0211. The van der Waals surface area contributed by atoms with Crippen molar-refractivity contribution in [2.75, 3.05) is 41.0 Å². The Labute approximate surface area is 330 Å². The molecule has 0 fully saturated rings. The van der Waals surface area contributed by atoms with E-state index in [4.69, 9.17) is 14.2 Å². The van der Waals surface area contributed by atoms with Gasteiger partial charge in [-0.25, -0.2) is 0 Å². The number of carbonyl (C=O) groups excluding carboxylic acids is 3. The number of esters is 2. The average Bonchev–Trinajstić information content (AvgIpc) is 3.12. The molecule has 0 saturated heterocycles. The number of quaternary nitrogens is 1. The van der Waals surface area contributed by atoms with E-state index < -0.39 is 18.1 Å². The maximum absolute atomic E-state index is 12.7. The van der Waals surface area contributed by atoms with E-state index in [1.807, 2.05) is 36.5 Å². The summed E-state index contributed by atoms with van der Waals surface area (Å²) in [6.07, 6.45) is 43.9. The van der Waals surface area contributed by atoms with E-state index in [-0.39, 0.29) is 49.1 Å². The number of ether oxygens (including phenoxy) is 3. The maximum atomic E-state index is 12.7. The molecule has 0 aliphatic rings. The predicted molar refractivity (Wildman–Crippen MR) is 222 cm³/mol. The molecular formula is C46H79NO7. The number of nitrogens with zero attached hydrogens (tertiary/aromatic N) is 1. The fraction of sp³-hybridized carbons (Fsp3) is 0.717. The van der Waals surface area contributed by atoms with Gasteiger partial charge in [-0.2, -0.15) is 0 Å². The molecule has 2 atom stereocenters. The highest BCUT2D eigenvalue weighted by Crippen LogP contribution is 2.13. The summed E-state index contributed by atoms with van der Waals surface area (Å²) >= 11 is 0. The highest BCUT2D eigenvalue weighted by Gasteiger charge is 2.25. The molecule has 0 rings (SSSR count). The molecule has 0 aliphatic carbocycles. The van der Waals surface area contributed by atoms with Gasteiger partial charge in [0.15, 0.2) is 6.10 Å². The first-order valence-electron chi connectivity index (χ1n) is 21.4. The van der Waals surface area contributed by atoms with Crippen LogP contribution in [0.1, 0.15) is 162 Å². The van der Waals surface area contributed by atoms with Gasteiger partial charge in [-0.3, -0.25) is 9.59 Å². The Balaban J connectivity index is 4.41. The summed E-state index contributed by atoms with van der Waals surface area (Å²) in [5.41, 5.74) is 0. The van der Waals surface area contributed by atoms with E-state index in [2.05, 4.69) is 38.2 Å². The SMILES string of the molecule is CC/C=C/C=C/C=C/C=C/CCCCCC(=O)OC(COCCC(C(=O)[O-])[N+](C)(C)C)COC(=O)CCCCCCCCC/C=C/CCCCCCCC. The van der Waals surface area contributed by atoms with Crippen molar-refractivity contribution >= 4 is 17.9 Å². The van der Waals surface area contributed by atoms with Crippen molar-refractivity contribution in [2.45, 2.75) is 174 Å². The maximum Gasteiger partial charge on any atom is 0.306 e. The van der Waals surface area contributed by atoms with Crippen LogP contribution in [0.2, 0.25) is 0 Å². The summed E-state index contributed by atoms with van der Waals surface area (Å²) in [5, 5.41) is 11.6. The first-order valence-corrected chi connectivity index (χ1v) is 21.4. The topological polar surface area (TPSA) is 102 Å². The van der Waals surface area contributed by atoms with Crippen molar-refractivity contribution in [2.24, 2.45) is 0 Å². The van der Waals surface area contributed by atoms with Crippen molar-refractivity contribution in [3.63, 3.8) is 0 Å². The lowest BCUT2D eigenvalue weighted by Gasteiger charge is -2.34. The van der Waals surface area contributed by atoms with Crippen LogP contribution in [0.3, 0.4) is 0 Å². The average molecular weight is 758 g/mol. The number of likely N-dealkylation sites (N-methyl/N-ethyl adjacent to an activating group) is 1. The summed E-state index contributed by atoms with van der Waals surface area (Å²) in [5.74, 6) is -1.80. The Hall–Kier alpha value is -2.97. The zero-order valence-electron chi connectivity index (χ0n) is 35.1. The standard InChI is InChI=1S/C46H79NO7/c1-6-8-10-12-14-16-18-20-21-22-23-25-26-28-30-32-34-36-44(48)53-41-42(40-52-39-38-43(46(50)51)47(3,4)5)54-45(49)37-35-33-31-29-27-24-19-17-15-13-11-9-7-2/h9,11,13,15,17,19-21,24,27,42-43H,6-8,10,12,14,16,18,22-23,25-26,28-41H2,1-5H3/b11-9+,15-13+,19-17+,21-20+,27-24+. The summed E-state index contributed by atoms with van der Waals surface area (Å²) in [6, 6.07) is -0.735. The fourth-order valence-corrected chi connectivity index (χ4v) is 5.90. The smallest absolute Gasteiger partial charge is 0.306 e. The van der Waals surface area contributed by atoms with E-state index in [9.17, 15) is 19.5 Å². The van der Waals surface area contributed by atoms with E-state index in [0.717, 1.165) is 44.9 Å². The molecule has 54 heavy (non-hydrogen) atoms. The molecule has 0 spiro atoms. The Bertz CT molecular complexity index is 1070. The van der Waals surface area contributed by atoms with Gasteiger partial charge in [-0.15, -0.1) is 0 Å². The van der Waals surface area contributed by atoms with Crippen LogP contribution in [0.4, 0.5) is 0 Å². The lowest BCUT2D eigenvalue weighted by Crippen LogP contribution is -2.55. The van der Waals surface area contributed by atoms with Crippen LogP contribution in [0.5, 0.6) is 0 Å². The van der Waals surface area contributed by atoms with Crippen molar-refractivity contribution in [3.8, 4) is 0 Å². The van der Waals surface area contributed by atoms with Crippen LogP contribution in [0.25, 0.3) is 0 Å². The highest BCUT2D eigenvalue weighted by molar-refractivity contribution is 5.70. The monoisotopic (exact) mass is 758 g/mol. The van der Waals surface area contributed by atoms with Crippen LogP contribution in [0.15, 0.2) is 60.8 Å². The minimum atomic E-state index is -1.13. The zero-order valence-corrected chi connectivity index (χ0v) is 35.1. The third kappa shape index (κ3) is 34.8. The lowest BCUT2D eigenvalue weighted by molar-refractivity contribution is -0.889. The van der Waals surface area contributed by atoms with Crippen LogP contribution in [-0.2, 0) is 28.6 Å². The van der Waals surface area contributed by atoms with E-state index >= 15 is 0 Å². The first kappa shape index (κ1) is 51.0. The number of hydrogen-bond donors (Lipinski definition) is 0. The van der Waals surface area contributed by atoms with E-state index in [1.165, 1.54) is 77.0 Å². The van der Waals surface area contributed by atoms with Gasteiger partial charge < -0.3 is 28.6 Å². The number of unbranched alkanes of at least 4 members (excludes halogenated alkanes) is 16. The number of allylic oxidation sites excluding steroid dienone is 10. The Morgan fingerprint density at radius 1 is 0.574 bits per heavy atom. The van der Waals surface area contributed by atoms with Crippen LogP contribution < -0.4 is 5.11 Å². The molecule has 8 heteroatoms. The second-order valence-corrected chi connectivity index (χ2v) is 15.3. The van der Waals surface area contributed by atoms with E-state index in [0.29, 0.717) is 12.8 Å². The largest absolute Gasteiger partial charge is 0.544 e. The number of rotatable bonds is 37. The third-order valence-electron chi connectivity index (χ3n) is 9.23. The molecule has 2 unspecified atom stereocenters. The molecule has 0 aromatic carbocycles. The van der Waals surface area contributed by atoms with Gasteiger partial charge in [0, 0.05) is 19.3 Å². The Morgan fingerprint density at radius 3 is 1.61 bits per heavy atom. The Morgan fingerprint density at radius 2 is 1.06 bits per heavy atom. The molecule has 0 saturated carbocycles. The predicted octanol–water partition coefficient (Wildman–Crippen LogP) is 10.1. The summed E-state index contributed by atoms with van der Waals surface area (Å²) in [7, 11) is 5.38. The van der Waals surface area contributed by atoms with Crippen molar-refractivity contribution in [1.29, 1.82) is 0 Å². The Kier molecular flexibility index (Phi) is 34.9. The van der Waals surface area contributed by atoms with Gasteiger partial charge in [0.25, 0.3) is 0 Å². The van der Waals surface area contributed by atoms with Crippen LogP contribution in [-0.4, -0.2) is 75.5 Å². The van der Waals surface area contributed by atoms with Gasteiger partial charge in [0.1, 0.15) is 12.6 Å². The molecule has 0 aromatic heterocycles. The second kappa shape index (κ2) is 37.0. The molecule has 0 heterocycles. The first-order chi connectivity index (χ1) is 26.1. The summed E-state index contributed by atoms with van der Waals surface area (Å²) < 4.78 is 17.1. The van der Waals surface area contributed by atoms with Gasteiger partial charge in [-0.05, 0) is 57.8 Å². The quantitative estimate of drug-likeness (QED) is 0.0204. The van der Waals surface area contributed by atoms with Gasteiger partial charge in [0.05, 0.1) is 40.3 Å². The molecule has 0 aromatic rings. The molecule has 8 nitrogen and oxygen atoms in total. The number of carboxylic acid groups (broad SMARTS) is 1. The van der Waals surface area contributed by atoms with Crippen molar-refractivity contribution in [1.82, 2.24) is 0 Å². The van der Waals surface area contributed by atoms with E-state index in [1.54, 1.807) is 21.1 Å². The molecular weight excluding hydrogens is 679 g/mol. The number of hydrogen-bond acceptors (Lipinski definition) is 7. The number of carbonyl (C=O) groups is 3. The molecule has 0 N–H and O–H groups in total. The van der Waals surface area contributed by atoms with Crippen LogP contribution in [0, 0.1) is 0 Å². The molecule has 0 amide bonds. The minimum Gasteiger partial charge on any atom is -0.544 e. The molecule has 310 valence electrons. The third-order valence-corrected chi connectivity index (χ3v) is 9.23. The fourth-order valence-electron chi connectivity index (χ4n) is 5.90. The highest BCUT2D eigenvalue weighted by atomic mass is 16.6. The van der Waals surface area contributed by atoms with Crippen molar-refractivity contribution < 1.29 is 38.2 Å². The summed E-state index contributed by atoms with van der Waals surface area (Å²) in [6.45, 7) is 4.46. The van der Waals surface area contributed by atoms with Crippen LogP contribution >= 0.6 is 0 Å². The second-order valence-electron chi connectivity index (χ2n) is 15.3. The molecule has 0 radical (unpaired) electrons. The number of aliphatic carboxylic acids is 1. The zero-order chi connectivity index (χ0) is 40.0. The molecule has 0 bridgehead atoms. The number of carboxylic acids is 1. The van der Waals surface area contributed by atoms with Crippen molar-refractivity contribution in [3.05, 3.63) is 60.8 Å².